The fourth-order valence-corrected chi connectivity index (χ4v) is 2.90. The third kappa shape index (κ3) is 2.01. The third-order valence-corrected chi connectivity index (χ3v) is 3.80. The van der Waals surface area contributed by atoms with Gasteiger partial charge in [-0.25, -0.2) is 9.97 Å². The Morgan fingerprint density at radius 3 is 2.87 bits per heavy atom. The molecule has 0 aliphatic carbocycles. The van der Waals surface area contributed by atoms with E-state index >= 15 is 0 Å². The molecule has 0 amide bonds. The van der Waals surface area contributed by atoms with Crippen molar-refractivity contribution in [1.29, 1.82) is 0 Å². The lowest BCUT2D eigenvalue weighted by Crippen LogP contribution is -1.88. The van der Waals surface area contributed by atoms with Crippen molar-refractivity contribution in [3.05, 3.63) is 16.1 Å². The van der Waals surface area contributed by atoms with Crippen LogP contribution in [0.4, 0.5) is 5.13 Å². The highest BCUT2D eigenvalue weighted by atomic mass is 32.1. The summed E-state index contributed by atoms with van der Waals surface area (Å²) in [5.41, 5.74) is 1.60. The van der Waals surface area contributed by atoms with Crippen LogP contribution in [-0.4, -0.2) is 22.1 Å². The Morgan fingerprint density at radius 1 is 1.47 bits per heavy atom. The van der Waals surface area contributed by atoms with Crippen LogP contribution in [0.5, 0.6) is 0 Å². The molecule has 0 fully saturated rings. The van der Waals surface area contributed by atoms with E-state index in [-0.39, 0.29) is 6.61 Å². The molecule has 6 heteroatoms. The van der Waals surface area contributed by atoms with Gasteiger partial charge in [0.2, 0.25) is 0 Å². The molecule has 0 atom stereocenters. The zero-order valence-electron chi connectivity index (χ0n) is 8.44. The highest BCUT2D eigenvalue weighted by Crippen LogP contribution is 2.32. The fraction of sp³-hybridized carbons (Fsp3) is 0.333. The van der Waals surface area contributed by atoms with Gasteiger partial charge in [0.15, 0.2) is 5.13 Å². The van der Waals surface area contributed by atoms with Crippen LogP contribution in [0, 0.1) is 6.92 Å². The van der Waals surface area contributed by atoms with Crippen LogP contribution >= 0.6 is 22.7 Å². The van der Waals surface area contributed by atoms with E-state index in [4.69, 9.17) is 5.11 Å². The second kappa shape index (κ2) is 4.26. The normalized spacial score (nSPS) is 10.6. The van der Waals surface area contributed by atoms with Gasteiger partial charge in [-0.05, 0) is 6.92 Å². The van der Waals surface area contributed by atoms with Gasteiger partial charge in [-0.3, -0.25) is 0 Å². The van der Waals surface area contributed by atoms with E-state index in [1.54, 1.807) is 22.7 Å². The summed E-state index contributed by atoms with van der Waals surface area (Å²) >= 11 is 3.11. The fourth-order valence-electron chi connectivity index (χ4n) is 1.27. The Morgan fingerprint density at radius 2 is 2.27 bits per heavy atom. The molecule has 0 unspecified atom stereocenters. The molecule has 4 nitrogen and oxygen atoms in total. The van der Waals surface area contributed by atoms with Gasteiger partial charge in [-0.15, -0.1) is 22.7 Å². The molecular weight excluding hydrogens is 230 g/mol. The van der Waals surface area contributed by atoms with Crippen LogP contribution in [0.3, 0.4) is 0 Å². The first-order chi connectivity index (χ1) is 7.24. The molecule has 0 aliphatic rings. The summed E-state index contributed by atoms with van der Waals surface area (Å²) in [5.74, 6) is 0. The molecule has 80 valence electrons. The number of thiazole rings is 2. The maximum Gasteiger partial charge on any atom is 0.182 e. The number of aliphatic hydroxyl groups excluding tert-OH is 1. The smallest absolute Gasteiger partial charge is 0.182 e. The van der Waals surface area contributed by atoms with Gasteiger partial charge < -0.3 is 10.4 Å². The Labute approximate surface area is 95.6 Å². The Kier molecular flexibility index (Phi) is 2.99. The molecule has 2 heterocycles. The Balaban J connectivity index is 2.43. The van der Waals surface area contributed by atoms with E-state index < -0.39 is 0 Å². The molecule has 0 bridgehead atoms. The summed E-state index contributed by atoms with van der Waals surface area (Å²) in [6.45, 7) is 1.89. The maximum atomic E-state index is 9.16. The Hall–Kier alpha value is -0.980. The van der Waals surface area contributed by atoms with Crippen LogP contribution in [-0.2, 0) is 6.61 Å². The summed E-state index contributed by atoms with van der Waals surface area (Å²) < 4.78 is 0. The molecule has 0 radical (unpaired) electrons. The summed E-state index contributed by atoms with van der Waals surface area (Å²) in [6, 6.07) is 0. The van der Waals surface area contributed by atoms with Gasteiger partial charge in [0, 0.05) is 12.4 Å². The Bertz CT molecular complexity index is 464. The van der Waals surface area contributed by atoms with Crippen LogP contribution in [0.1, 0.15) is 10.7 Å². The number of aryl methyl sites for hydroxylation is 1. The number of aliphatic hydroxyl groups is 1. The molecule has 2 rings (SSSR count). The topological polar surface area (TPSA) is 58.0 Å². The summed E-state index contributed by atoms with van der Waals surface area (Å²) in [5, 5.41) is 15.9. The zero-order chi connectivity index (χ0) is 10.8. The van der Waals surface area contributed by atoms with E-state index in [2.05, 4.69) is 15.3 Å². The van der Waals surface area contributed by atoms with Gasteiger partial charge in [0.1, 0.15) is 0 Å². The van der Waals surface area contributed by atoms with Crippen molar-refractivity contribution in [3.8, 4) is 10.6 Å². The van der Waals surface area contributed by atoms with E-state index in [1.165, 1.54) is 0 Å². The number of anilines is 1. The molecule has 15 heavy (non-hydrogen) atoms. The average Bonchev–Trinajstić information content (AvgIpc) is 2.82. The molecule has 0 aliphatic heterocycles. The lowest BCUT2D eigenvalue weighted by atomic mass is 10.3. The molecule has 0 spiro atoms. The molecule has 0 saturated heterocycles. The molecule has 0 saturated carbocycles. The first-order valence-corrected chi connectivity index (χ1v) is 6.15. The molecule has 2 aromatic rings. The van der Waals surface area contributed by atoms with Crippen molar-refractivity contribution < 1.29 is 5.11 Å². The van der Waals surface area contributed by atoms with Crippen molar-refractivity contribution in [2.75, 3.05) is 12.4 Å². The second-order valence-electron chi connectivity index (χ2n) is 2.95. The average molecular weight is 241 g/mol. The van der Waals surface area contributed by atoms with Gasteiger partial charge in [0.05, 0.1) is 27.9 Å². The molecule has 2 N–H and O–H groups in total. The van der Waals surface area contributed by atoms with Crippen molar-refractivity contribution >= 4 is 27.8 Å². The monoisotopic (exact) mass is 241 g/mol. The predicted molar refractivity (Wildman–Crippen MR) is 63.4 cm³/mol. The summed E-state index contributed by atoms with van der Waals surface area (Å²) in [6.07, 6.45) is 0. The van der Waals surface area contributed by atoms with Crippen molar-refractivity contribution in [2.45, 2.75) is 13.5 Å². The van der Waals surface area contributed by atoms with Crippen LogP contribution in [0.15, 0.2) is 5.38 Å². The first kappa shape index (κ1) is 10.5. The SMILES string of the molecule is CNc1nc(-c2sc(C)nc2CO)cs1. The van der Waals surface area contributed by atoms with E-state index in [0.29, 0.717) is 5.69 Å². The number of hydrogen-bond donors (Lipinski definition) is 2. The number of nitrogens with one attached hydrogen (secondary N) is 1. The quantitative estimate of drug-likeness (QED) is 0.864. The minimum atomic E-state index is -0.0356. The van der Waals surface area contributed by atoms with Crippen molar-refractivity contribution in [3.63, 3.8) is 0 Å². The van der Waals surface area contributed by atoms with E-state index in [0.717, 1.165) is 20.7 Å². The number of aromatic nitrogens is 2. The van der Waals surface area contributed by atoms with Crippen LogP contribution in [0.2, 0.25) is 0 Å². The van der Waals surface area contributed by atoms with E-state index in [1.807, 2.05) is 19.4 Å². The maximum absolute atomic E-state index is 9.16. The second-order valence-corrected chi connectivity index (χ2v) is 5.02. The molecule has 0 aromatic carbocycles. The number of nitrogens with zero attached hydrogens (tertiary/aromatic N) is 2. The van der Waals surface area contributed by atoms with Crippen LogP contribution in [0.25, 0.3) is 10.6 Å². The summed E-state index contributed by atoms with van der Waals surface area (Å²) in [7, 11) is 1.84. The standard InChI is InChI=1S/C9H11N3OS2/c1-5-11-6(3-13)8(15-5)7-4-14-9(10-2)12-7/h4,13H,3H2,1-2H3,(H,10,12). The van der Waals surface area contributed by atoms with Gasteiger partial charge >= 0.3 is 0 Å². The molecule has 2 aromatic heterocycles. The summed E-state index contributed by atoms with van der Waals surface area (Å²) in [4.78, 5) is 9.61. The lowest BCUT2D eigenvalue weighted by molar-refractivity contribution is 0.278. The van der Waals surface area contributed by atoms with Gasteiger partial charge in [-0.2, -0.15) is 0 Å². The number of hydrogen-bond acceptors (Lipinski definition) is 6. The third-order valence-electron chi connectivity index (χ3n) is 1.90. The minimum absolute atomic E-state index is 0.0356. The zero-order valence-corrected chi connectivity index (χ0v) is 10.1. The lowest BCUT2D eigenvalue weighted by Gasteiger charge is -1.93. The van der Waals surface area contributed by atoms with Crippen LogP contribution < -0.4 is 5.32 Å². The number of rotatable bonds is 3. The van der Waals surface area contributed by atoms with Gasteiger partial charge in [-0.1, -0.05) is 0 Å². The highest BCUT2D eigenvalue weighted by molar-refractivity contribution is 7.16. The minimum Gasteiger partial charge on any atom is -0.390 e. The van der Waals surface area contributed by atoms with Crippen molar-refractivity contribution in [2.24, 2.45) is 0 Å². The highest BCUT2D eigenvalue weighted by Gasteiger charge is 2.13. The van der Waals surface area contributed by atoms with Gasteiger partial charge in [0.25, 0.3) is 0 Å². The largest absolute Gasteiger partial charge is 0.390 e. The first-order valence-electron chi connectivity index (χ1n) is 4.45. The predicted octanol–water partition coefficient (Wildman–Crippen LogP) is 2.11. The van der Waals surface area contributed by atoms with Crippen molar-refractivity contribution in [1.82, 2.24) is 9.97 Å². The van der Waals surface area contributed by atoms with E-state index in [9.17, 15) is 0 Å². The molecular formula is C9H11N3OS2.